The first-order chi connectivity index (χ1) is 14.0. The quantitative estimate of drug-likeness (QED) is 0.645. The van der Waals surface area contributed by atoms with Crippen LogP contribution in [0.15, 0.2) is 36.4 Å². The topological polar surface area (TPSA) is 64.6 Å². The highest BCUT2D eigenvalue weighted by Gasteiger charge is 2.27. The lowest BCUT2D eigenvalue weighted by molar-refractivity contribution is -0.176. The van der Waals surface area contributed by atoms with Gasteiger partial charge >= 0.3 is 12.1 Å². The third-order valence-electron chi connectivity index (χ3n) is 4.30. The third-order valence-corrected chi connectivity index (χ3v) is 4.30. The number of halogens is 3. The summed E-state index contributed by atoms with van der Waals surface area (Å²) in [5, 5.41) is 2.78. The Hall–Kier alpha value is -2.87. The van der Waals surface area contributed by atoms with Crippen LogP contribution in [-0.2, 0) is 20.9 Å². The summed E-state index contributed by atoms with van der Waals surface area (Å²) in [6.07, 6.45) is -5.43. The molecule has 0 heterocycles. The van der Waals surface area contributed by atoms with Gasteiger partial charge < -0.3 is 14.8 Å². The van der Waals surface area contributed by atoms with Crippen molar-refractivity contribution < 1.29 is 32.2 Å². The van der Waals surface area contributed by atoms with Gasteiger partial charge in [0.15, 0.2) is 6.10 Å². The van der Waals surface area contributed by atoms with Gasteiger partial charge in [-0.1, -0.05) is 29.8 Å². The molecule has 0 aliphatic rings. The number of esters is 1. The van der Waals surface area contributed by atoms with E-state index in [-0.39, 0.29) is 12.2 Å². The van der Waals surface area contributed by atoms with Gasteiger partial charge in [-0.25, -0.2) is 4.79 Å². The predicted octanol–water partition coefficient (Wildman–Crippen LogP) is 4.87. The molecule has 162 valence electrons. The average Bonchev–Trinajstić information content (AvgIpc) is 2.63. The van der Waals surface area contributed by atoms with Gasteiger partial charge in [0.1, 0.15) is 6.61 Å². The van der Waals surface area contributed by atoms with E-state index < -0.39 is 30.8 Å². The van der Waals surface area contributed by atoms with E-state index in [1.54, 1.807) is 0 Å². The summed E-state index contributed by atoms with van der Waals surface area (Å²) < 4.78 is 46.1. The Kier molecular flexibility index (Phi) is 7.61. The molecular formula is C22H24F3NO4. The number of amides is 1. The normalized spacial score (nSPS) is 12.4. The fourth-order valence-corrected chi connectivity index (χ4v) is 2.91. The molecule has 5 nitrogen and oxygen atoms in total. The van der Waals surface area contributed by atoms with Crippen LogP contribution in [0, 0.1) is 20.8 Å². The number of hydrogen-bond donors (Lipinski definition) is 1. The number of carbonyl (C=O) groups excluding carboxylic acids is 2. The van der Waals surface area contributed by atoms with Gasteiger partial charge in [-0.3, -0.25) is 4.79 Å². The Morgan fingerprint density at radius 3 is 2.13 bits per heavy atom. The van der Waals surface area contributed by atoms with Crippen molar-refractivity contribution in [3.63, 3.8) is 0 Å². The Labute approximate surface area is 173 Å². The molecule has 0 radical (unpaired) electrons. The van der Waals surface area contributed by atoms with Crippen LogP contribution in [0.1, 0.15) is 39.5 Å². The number of nitrogens with one attached hydrogen (secondary N) is 1. The van der Waals surface area contributed by atoms with Crippen LogP contribution in [0.4, 0.5) is 18.9 Å². The van der Waals surface area contributed by atoms with Gasteiger partial charge in [0.2, 0.25) is 0 Å². The van der Waals surface area contributed by atoms with Crippen molar-refractivity contribution in [2.24, 2.45) is 0 Å². The second kappa shape index (κ2) is 9.75. The van der Waals surface area contributed by atoms with Gasteiger partial charge in [-0.2, -0.15) is 13.2 Å². The van der Waals surface area contributed by atoms with Gasteiger partial charge in [0.05, 0.1) is 12.2 Å². The molecule has 0 aliphatic carbocycles. The predicted molar refractivity (Wildman–Crippen MR) is 106 cm³/mol. The van der Waals surface area contributed by atoms with E-state index in [1.807, 2.05) is 32.9 Å². The summed E-state index contributed by atoms with van der Waals surface area (Å²) in [4.78, 5) is 24.7. The van der Waals surface area contributed by atoms with Crippen LogP contribution < -0.4 is 5.32 Å². The van der Waals surface area contributed by atoms with E-state index >= 15 is 0 Å². The summed E-state index contributed by atoms with van der Waals surface area (Å²) in [5.41, 5.74) is 4.22. The Morgan fingerprint density at radius 1 is 1.03 bits per heavy atom. The first-order valence-corrected chi connectivity index (χ1v) is 9.29. The standard InChI is InChI=1S/C22H24F3NO4/c1-13-9-14(2)19(15(3)10-13)26-20(27)16(4)30-21(28)18-7-5-17(6-8-18)11-29-12-22(23,24)25/h5-10,16H,11-12H2,1-4H3,(H,26,27). The molecule has 2 aromatic carbocycles. The Balaban J connectivity index is 1.93. The van der Waals surface area contributed by atoms with Crippen molar-refractivity contribution in [2.45, 2.75) is 46.6 Å². The molecule has 30 heavy (non-hydrogen) atoms. The van der Waals surface area contributed by atoms with Crippen molar-refractivity contribution in [2.75, 3.05) is 11.9 Å². The monoisotopic (exact) mass is 423 g/mol. The lowest BCUT2D eigenvalue weighted by atomic mass is 10.0. The fourth-order valence-electron chi connectivity index (χ4n) is 2.91. The highest BCUT2D eigenvalue weighted by molar-refractivity contribution is 5.98. The van der Waals surface area contributed by atoms with Gasteiger partial charge in [-0.05, 0) is 56.5 Å². The first kappa shape index (κ1) is 23.4. The molecule has 1 N–H and O–H groups in total. The van der Waals surface area contributed by atoms with Crippen molar-refractivity contribution in [3.05, 3.63) is 64.2 Å². The number of rotatable bonds is 7. The summed E-state index contributed by atoms with van der Waals surface area (Å²) in [6.45, 7) is 5.61. The summed E-state index contributed by atoms with van der Waals surface area (Å²) in [5.74, 6) is -1.17. The van der Waals surface area contributed by atoms with E-state index in [1.165, 1.54) is 31.2 Å². The van der Waals surface area contributed by atoms with Crippen LogP contribution in [-0.4, -0.2) is 30.8 Å². The number of hydrogen-bond acceptors (Lipinski definition) is 4. The number of aryl methyl sites for hydroxylation is 3. The van der Waals surface area contributed by atoms with Crippen LogP contribution >= 0.6 is 0 Å². The lowest BCUT2D eigenvalue weighted by Crippen LogP contribution is -2.30. The van der Waals surface area contributed by atoms with E-state index in [0.29, 0.717) is 11.3 Å². The molecule has 2 rings (SSSR count). The molecule has 0 aliphatic heterocycles. The van der Waals surface area contributed by atoms with Gasteiger partial charge in [-0.15, -0.1) is 0 Å². The third kappa shape index (κ3) is 6.88. The average molecular weight is 423 g/mol. The molecule has 0 saturated heterocycles. The number of carbonyl (C=O) groups is 2. The van der Waals surface area contributed by atoms with E-state index in [4.69, 9.17) is 4.74 Å². The Morgan fingerprint density at radius 2 is 1.60 bits per heavy atom. The second-order valence-electron chi connectivity index (χ2n) is 7.12. The molecule has 0 aromatic heterocycles. The second-order valence-corrected chi connectivity index (χ2v) is 7.12. The highest BCUT2D eigenvalue weighted by atomic mass is 19.4. The van der Waals surface area contributed by atoms with Crippen molar-refractivity contribution in [3.8, 4) is 0 Å². The molecule has 0 saturated carbocycles. The summed E-state index contributed by atoms with van der Waals surface area (Å²) in [6, 6.07) is 9.65. The van der Waals surface area contributed by atoms with Crippen LogP contribution in [0.5, 0.6) is 0 Å². The maximum atomic E-state index is 12.4. The molecule has 0 fully saturated rings. The minimum Gasteiger partial charge on any atom is -0.449 e. The summed E-state index contributed by atoms with van der Waals surface area (Å²) >= 11 is 0. The van der Waals surface area contributed by atoms with Gasteiger partial charge in [0, 0.05) is 5.69 Å². The van der Waals surface area contributed by atoms with Crippen LogP contribution in [0.25, 0.3) is 0 Å². The number of anilines is 1. The molecule has 0 spiro atoms. The smallest absolute Gasteiger partial charge is 0.411 e. The Bertz CT molecular complexity index is 885. The molecular weight excluding hydrogens is 399 g/mol. The van der Waals surface area contributed by atoms with Crippen molar-refractivity contribution >= 4 is 17.6 Å². The maximum absolute atomic E-state index is 12.4. The first-order valence-electron chi connectivity index (χ1n) is 9.29. The van der Waals surface area contributed by atoms with Crippen LogP contribution in [0.3, 0.4) is 0 Å². The molecule has 1 atom stereocenters. The lowest BCUT2D eigenvalue weighted by Gasteiger charge is -2.17. The van der Waals surface area contributed by atoms with Crippen molar-refractivity contribution in [1.29, 1.82) is 0 Å². The summed E-state index contributed by atoms with van der Waals surface area (Å²) in [7, 11) is 0. The van der Waals surface area contributed by atoms with Crippen LogP contribution in [0.2, 0.25) is 0 Å². The largest absolute Gasteiger partial charge is 0.449 e. The van der Waals surface area contributed by atoms with Gasteiger partial charge in [0.25, 0.3) is 5.91 Å². The zero-order chi connectivity index (χ0) is 22.5. The van der Waals surface area contributed by atoms with Crippen molar-refractivity contribution in [1.82, 2.24) is 0 Å². The molecule has 0 bridgehead atoms. The van der Waals surface area contributed by atoms with E-state index in [2.05, 4.69) is 10.1 Å². The maximum Gasteiger partial charge on any atom is 0.411 e. The fraction of sp³-hybridized carbons (Fsp3) is 0.364. The molecule has 2 aromatic rings. The number of ether oxygens (including phenoxy) is 2. The molecule has 1 unspecified atom stereocenters. The highest BCUT2D eigenvalue weighted by Crippen LogP contribution is 2.22. The minimum atomic E-state index is -4.39. The number of alkyl halides is 3. The zero-order valence-electron chi connectivity index (χ0n) is 17.2. The molecule has 8 heteroatoms. The van der Waals surface area contributed by atoms with E-state index in [0.717, 1.165) is 16.7 Å². The number of benzene rings is 2. The molecule has 1 amide bonds. The zero-order valence-corrected chi connectivity index (χ0v) is 17.2. The SMILES string of the molecule is Cc1cc(C)c(NC(=O)C(C)OC(=O)c2ccc(COCC(F)(F)F)cc2)c(C)c1. The van der Waals surface area contributed by atoms with E-state index in [9.17, 15) is 22.8 Å². The minimum absolute atomic E-state index is 0.178.